The summed E-state index contributed by atoms with van der Waals surface area (Å²) < 4.78 is 22.3. The Labute approximate surface area is 53.7 Å². The number of sulfonamides is 1. The Kier molecular flexibility index (Phi) is 1.46. The standard InChI is InChI=1S/C4H7NO3S/c1-5-8-3-2-4-9(5,6)7/h2-3H,4H2,1H3. The van der Waals surface area contributed by atoms with Gasteiger partial charge in [0.15, 0.2) is 0 Å². The van der Waals surface area contributed by atoms with Crippen molar-refractivity contribution in [2.45, 2.75) is 0 Å². The third-order valence-electron chi connectivity index (χ3n) is 1.00. The Morgan fingerprint density at radius 1 is 1.67 bits per heavy atom. The summed E-state index contributed by atoms with van der Waals surface area (Å²) in [5.41, 5.74) is 0. The van der Waals surface area contributed by atoms with Gasteiger partial charge in [-0.1, -0.05) is 0 Å². The van der Waals surface area contributed by atoms with E-state index < -0.39 is 10.0 Å². The van der Waals surface area contributed by atoms with E-state index in [1.54, 1.807) is 0 Å². The van der Waals surface area contributed by atoms with Gasteiger partial charge in [0.1, 0.15) is 6.26 Å². The fraction of sp³-hybridized carbons (Fsp3) is 0.500. The smallest absolute Gasteiger partial charge is 0.248 e. The Hall–Kier alpha value is -0.550. The first-order valence-electron chi connectivity index (χ1n) is 2.41. The molecule has 0 aromatic rings. The Balaban J connectivity index is 2.90. The lowest BCUT2D eigenvalue weighted by molar-refractivity contribution is 0.00638. The van der Waals surface area contributed by atoms with Crippen LogP contribution in [0.1, 0.15) is 0 Å². The van der Waals surface area contributed by atoms with Crippen LogP contribution < -0.4 is 0 Å². The lowest BCUT2D eigenvalue weighted by Crippen LogP contribution is -2.29. The summed E-state index contributed by atoms with van der Waals surface area (Å²) >= 11 is 0. The van der Waals surface area contributed by atoms with E-state index in [9.17, 15) is 8.42 Å². The zero-order valence-corrected chi connectivity index (χ0v) is 5.76. The first-order chi connectivity index (χ1) is 4.13. The first kappa shape index (κ1) is 6.57. The second-order valence-electron chi connectivity index (χ2n) is 1.67. The van der Waals surface area contributed by atoms with Gasteiger partial charge < -0.3 is 4.84 Å². The third kappa shape index (κ3) is 1.22. The largest absolute Gasteiger partial charge is 0.400 e. The first-order valence-corrected chi connectivity index (χ1v) is 4.02. The molecule has 0 bridgehead atoms. The van der Waals surface area contributed by atoms with Crippen molar-refractivity contribution in [3.05, 3.63) is 12.3 Å². The van der Waals surface area contributed by atoms with Crippen molar-refractivity contribution < 1.29 is 13.3 Å². The molecule has 0 aromatic heterocycles. The molecule has 0 unspecified atom stereocenters. The van der Waals surface area contributed by atoms with Gasteiger partial charge >= 0.3 is 0 Å². The second-order valence-corrected chi connectivity index (χ2v) is 3.68. The van der Waals surface area contributed by atoms with E-state index in [4.69, 9.17) is 0 Å². The highest BCUT2D eigenvalue weighted by atomic mass is 32.2. The summed E-state index contributed by atoms with van der Waals surface area (Å²) in [6.45, 7) is 0. The fourth-order valence-corrected chi connectivity index (χ4v) is 1.17. The van der Waals surface area contributed by atoms with Gasteiger partial charge in [-0.3, -0.25) is 0 Å². The van der Waals surface area contributed by atoms with Crippen molar-refractivity contribution in [1.82, 2.24) is 4.47 Å². The fourth-order valence-electron chi connectivity index (χ4n) is 0.460. The molecule has 0 radical (unpaired) electrons. The SMILES string of the molecule is CN1OC=CCS1(=O)=O. The van der Waals surface area contributed by atoms with Crippen LogP contribution in [-0.2, 0) is 14.9 Å². The number of hydrogen-bond donors (Lipinski definition) is 0. The summed E-state index contributed by atoms with van der Waals surface area (Å²) in [7, 11) is -1.78. The molecular weight excluding hydrogens is 142 g/mol. The van der Waals surface area contributed by atoms with Gasteiger partial charge in [0, 0.05) is 7.05 Å². The third-order valence-corrected chi connectivity index (χ3v) is 2.49. The van der Waals surface area contributed by atoms with Crippen LogP contribution >= 0.6 is 0 Å². The van der Waals surface area contributed by atoms with Crippen LogP contribution in [0.5, 0.6) is 0 Å². The maximum atomic E-state index is 10.7. The number of hydrogen-bond acceptors (Lipinski definition) is 3. The van der Waals surface area contributed by atoms with Gasteiger partial charge in [-0.05, 0) is 10.5 Å². The van der Waals surface area contributed by atoms with Crippen LogP contribution in [0.4, 0.5) is 0 Å². The van der Waals surface area contributed by atoms with Crippen LogP contribution in [0.3, 0.4) is 0 Å². The summed E-state index contributed by atoms with van der Waals surface area (Å²) in [6.07, 6.45) is 2.80. The van der Waals surface area contributed by atoms with Crippen molar-refractivity contribution in [1.29, 1.82) is 0 Å². The molecule has 0 amide bonds. The molecule has 0 aliphatic carbocycles. The second kappa shape index (κ2) is 2.00. The molecule has 1 heterocycles. The number of rotatable bonds is 0. The molecule has 1 aliphatic heterocycles. The molecule has 9 heavy (non-hydrogen) atoms. The van der Waals surface area contributed by atoms with Crippen molar-refractivity contribution in [3.63, 3.8) is 0 Å². The molecule has 52 valence electrons. The summed E-state index contributed by atoms with van der Waals surface area (Å²) in [6, 6.07) is 0. The van der Waals surface area contributed by atoms with E-state index in [0.717, 1.165) is 4.47 Å². The van der Waals surface area contributed by atoms with Crippen molar-refractivity contribution in [2.24, 2.45) is 0 Å². The molecule has 0 spiro atoms. The minimum Gasteiger partial charge on any atom is -0.400 e. The molecule has 5 heteroatoms. The van der Waals surface area contributed by atoms with E-state index in [1.165, 1.54) is 19.4 Å². The Morgan fingerprint density at radius 3 is 2.67 bits per heavy atom. The van der Waals surface area contributed by atoms with Crippen LogP contribution in [-0.4, -0.2) is 25.7 Å². The molecular formula is C4H7NO3S. The molecule has 0 fully saturated rings. The summed E-state index contributed by atoms with van der Waals surface area (Å²) in [4.78, 5) is 4.56. The maximum Gasteiger partial charge on any atom is 0.248 e. The van der Waals surface area contributed by atoms with Gasteiger partial charge in [-0.15, -0.1) is 0 Å². The van der Waals surface area contributed by atoms with E-state index in [1.807, 2.05) is 0 Å². The van der Waals surface area contributed by atoms with Gasteiger partial charge in [-0.2, -0.15) is 0 Å². The molecule has 0 N–H and O–H groups in total. The van der Waals surface area contributed by atoms with Crippen molar-refractivity contribution in [2.75, 3.05) is 12.8 Å². The van der Waals surface area contributed by atoms with E-state index in [-0.39, 0.29) is 5.75 Å². The topological polar surface area (TPSA) is 46.6 Å². The van der Waals surface area contributed by atoms with Gasteiger partial charge in [-0.25, -0.2) is 8.42 Å². The molecule has 0 saturated carbocycles. The highest BCUT2D eigenvalue weighted by Crippen LogP contribution is 2.04. The average molecular weight is 149 g/mol. The highest BCUT2D eigenvalue weighted by molar-refractivity contribution is 7.89. The highest BCUT2D eigenvalue weighted by Gasteiger charge is 2.19. The summed E-state index contributed by atoms with van der Waals surface area (Å²) in [5.74, 6) is 0.0312. The van der Waals surface area contributed by atoms with E-state index in [2.05, 4.69) is 4.84 Å². The lowest BCUT2D eigenvalue weighted by atomic mass is 10.7. The van der Waals surface area contributed by atoms with Crippen LogP contribution in [0.2, 0.25) is 0 Å². The molecule has 0 atom stereocenters. The molecule has 0 aromatic carbocycles. The van der Waals surface area contributed by atoms with E-state index in [0.29, 0.717) is 0 Å². The molecule has 4 nitrogen and oxygen atoms in total. The molecule has 1 aliphatic rings. The lowest BCUT2D eigenvalue weighted by Gasteiger charge is -2.16. The van der Waals surface area contributed by atoms with Gasteiger partial charge in [0.25, 0.3) is 0 Å². The predicted octanol–water partition coefficient (Wildman–Crippen LogP) is -0.293. The Bertz CT molecular complexity index is 218. The minimum atomic E-state index is -3.14. The number of hydroxylamine groups is 1. The van der Waals surface area contributed by atoms with Gasteiger partial charge in [0.2, 0.25) is 10.0 Å². The zero-order chi connectivity index (χ0) is 6.91. The normalized spacial score (nSPS) is 25.4. The number of nitrogens with zero attached hydrogens (tertiary/aromatic N) is 1. The Morgan fingerprint density at radius 2 is 2.33 bits per heavy atom. The maximum absolute atomic E-state index is 10.7. The predicted molar refractivity (Wildman–Crippen MR) is 31.8 cm³/mol. The van der Waals surface area contributed by atoms with Crippen LogP contribution in [0, 0.1) is 0 Å². The van der Waals surface area contributed by atoms with Gasteiger partial charge in [0.05, 0.1) is 5.75 Å². The molecule has 1 rings (SSSR count). The monoisotopic (exact) mass is 149 g/mol. The minimum absolute atomic E-state index is 0.0312. The van der Waals surface area contributed by atoms with Crippen LogP contribution in [0.25, 0.3) is 0 Å². The molecule has 0 saturated heterocycles. The zero-order valence-electron chi connectivity index (χ0n) is 4.94. The average Bonchev–Trinajstić information content (AvgIpc) is 1.77. The van der Waals surface area contributed by atoms with E-state index >= 15 is 0 Å². The van der Waals surface area contributed by atoms with Crippen molar-refractivity contribution >= 4 is 10.0 Å². The summed E-state index contributed by atoms with van der Waals surface area (Å²) in [5, 5.41) is 0. The van der Waals surface area contributed by atoms with Crippen LogP contribution in [0.15, 0.2) is 12.3 Å². The quantitative estimate of drug-likeness (QED) is 0.475. The van der Waals surface area contributed by atoms with Crippen molar-refractivity contribution in [3.8, 4) is 0 Å².